The lowest BCUT2D eigenvalue weighted by Crippen LogP contribution is -2.21. The molecule has 112 valence electrons. The molecule has 2 rings (SSSR count). The van der Waals surface area contributed by atoms with Crippen molar-refractivity contribution in [2.75, 3.05) is 6.61 Å². The number of carbonyl (C=O) groups excluding carboxylic acids is 1. The maximum atomic E-state index is 11.7. The highest BCUT2D eigenvalue weighted by molar-refractivity contribution is 5.80. The van der Waals surface area contributed by atoms with E-state index in [4.69, 9.17) is 9.47 Å². The van der Waals surface area contributed by atoms with Crippen LogP contribution >= 0.6 is 0 Å². The number of esters is 1. The molecule has 1 heterocycles. The van der Waals surface area contributed by atoms with E-state index in [1.807, 2.05) is 19.9 Å². The molecule has 0 spiro atoms. The largest absolute Gasteiger partial charge is 0.464 e. The van der Waals surface area contributed by atoms with Crippen molar-refractivity contribution in [2.24, 2.45) is 5.41 Å². The molecule has 1 saturated heterocycles. The van der Waals surface area contributed by atoms with Crippen molar-refractivity contribution in [1.82, 2.24) is 0 Å². The van der Waals surface area contributed by atoms with Crippen LogP contribution in [0.15, 0.2) is 23.3 Å². The maximum Gasteiger partial charge on any atom is 0.338 e. The van der Waals surface area contributed by atoms with E-state index in [1.54, 1.807) is 0 Å². The van der Waals surface area contributed by atoms with Gasteiger partial charge in [-0.25, -0.2) is 4.79 Å². The summed E-state index contributed by atoms with van der Waals surface area (Å²) < 4.78 is 10.5. The molecule has 1 aliphatic heterocycles. The van der Waals surface area contributed by atoms with E-state index >= 15 is 0 Å². The summed E-state index contributed by atoms with van der Waals surface area (Å²) in [4.78, 5) is 11.7. The van der Waals surface area contributed by atoms with Gasteiger partial charge in [-0.1, -0.05) is 25.5 Å². The first kappa shape index (κ1) is 15.3. The van der Waals surface area contributed by atoms with E-state index < -0.39 is 11.7 Å². The molecule has 2 aliphatic rings. The van der Waals surface area contributed by atoms with Crippen molar-refractivity contribution in [3.63, 3.8) is 0 Å². The topological polar surface area (TPSA) is 38.8 Å². The average molecular weight is 278 g/mol. The standard InChI is InChI=1S/C17H26O3/c1-6-19-15(18)14-17(5,20-14)11-9-13-12(2)8-7-10-16(13,3)4/h9,11,14H,6-8,10H2,1-5H3. The molecular weight excluding hydrogens is 252 g/mol. The van der Waals surface area contributed by atoms with Gasteiger partial charge in [0.2, 0.25) is 0 Å². The van der Waals surface area contributed by atoms with Gasteiger partial charge in [0.1, 0.15) is 5.60 Å². The molecular formula is C17H26O3. The van der Waals surface area contributed by atoms with E-state index in [9.17, 15) is 4.79 Å². The number of epoxide rings is 1. The van der Waals surface area contributed by atoms with Crippen LogP contribution in [0.5, 0.6) is 0 Å². The normalized spacial score (nSPS) is 32.5. The zero-order chi connectivity index (χ0) is 15.0. The Bertz CT molecular complexity index is 459. The van der Waals surface area contributed by atoms with Crippen molar-refractivity contribution in [3.8, 4) is 0 Å². The molecule has 0 bridgehead atoms. The lowest BCUT2D eigenvalue weighted by molar-refractivity contribution is -0.144. The molecule has 0 N–H and O–H groups in total. The Hall–Kier alpha value is -1.09. The summed E-state index contributed by atoms with van der Waals surface area (Å²) in [5, 5.41) is 0. The van der Waals surface area contributed by atoms with Crippen molar-refractivity contribution in [2.45, 2.75) is 65.6 Å². The van der Waals surface area contributed by atoms with E-state index in [0.29, 0.717) is 6.61 Å². The molecule has 3 heteroatoms. The fraction of sp³-hybridized carbons (Fsp3) is 0.706. The molecule has 0 aromatic heterocycles. The summed E-state index contributed by atoms with van der Waals surface area (Å²) in [6, 6.07) is 0. The number of hydrogen-bond donors (Lipinski definition) is 0. The van der Waals surface area contributed by atoms with Gasteiger partial charge >= 0.3 is 5.97 Å². The summed E-state index contributed by atoms with van der Waals surface area (Å²) in [6.07, 6.45) is 7.39. The fourth-order valence-electron chi connectivity index (χ4n) is 3.11. The van der Waals surface area contributed by atoms with Gasteiger partial charge in [-0.3, -0.25) is 0 Å². The lowest BCUT2D eigenvalue weighted by atomic mass is 9.72. The number of rotatable bonds is 4. The second kappa shape index (κ2) is 5.36. The Kier molecular flexibility index (Phi) is 4.10. The summed E-state index contributed by atoms with van der Waals surface area (Å²) in [5.74, 6) is -0.256. The molecule has 0 amide bonds. The monoisotopic (exact) mass is 278 g/mol. The van der Waals surface area contributed by atoms with Crippen LogP contribution < -0.4 is 0 Å². The Morgan fingerprint density at radius 1 is 1.45 bits per heavy atom. The van der Waals surface area contributed by atoms with Gasteiger partial charge < -0.3 is 9.47 Å². The predicted molar refractivity (Wildman–Crippen MR) is 79.4 cm³/mol. The third kappa shape index (κ3) is 2.98. The molecule has 20 heavy (non-hydrogen) atoms. The van der Waals surface area contributed by atoms with Crippen molar-refractivity contribution < 1.29 is 14.3 Å². The van der Waals surface area contributed by atoms with Gasteiger partial charge in [-0.05, 0) is 57.1 Å². The Balaban J connectivity index is 2.09. The van der Waals surface area contributed by atoms with E-state index in [0.717, 1.165) is 0 Å². The zero-order valence-corrected chi connectivity index (χ0v) is 13.3. The first-order valence-electron chi connectivity index (χ1n) is 7.54. The molecule has 2 atom stereocenters. The molecule has 3 nitrogen and oxygen atoms in total. The number of ether oxygens (including phenoxy) is 2. The van der Waals surface area contributed by atoms with Crippen LogP contribution in [-0.4, -0.2) is 24.3 Å². The SMILES string of the molecule is CCOC(=O)C1OC1(C)C=CC1=C(C)CCCC1(C)C. The first-order chi connectivity index (χ1) is 9.30. The Morgan fingerprint density at radius 2 is 2.15 bits per heavy atom. The third-order valence-electron chi connectivity index (χ3n) is 4.46. The van der Waals surface area contributed by atoms with Gasteiger partial charge in [0, 0.05) is 0 Å². The quantitative estimate of drug-likeness (QED) is 0.580. The van der Waals surface area contributed by atoms with Crippen LogP contribution in [0.25, 0.3) is 0 Å². The molecule has 0 saturated carbocycles. The van der Waals surface area contributed by atoms with Gasteiger partial charge in [0.05, 0.1) is 6.61 Å². The van der Waals surface area contributed by atoms with Crippen LogP contribution in [0.2, 0.25) is 0 Å². The Labute approximate surface area is 122 Å². The highest BCUT2D eigenvalue weighted by Crippen LogP contribution is 2.43. The summed E-state index contributed by atoms with van der Waals surface area (Å²) in [7, 11) is 0. The zero-order valence-electron chi connectivity index (χ0n) is 13.3. The number of carbonyl (C=O) groups is 1. The van der Waals surface area contributed by atoms with Crippen molar-refractivity contribution in [3.05, 3.63) is 23.3 Å². The van der Waals surface area contributed by atoms with Crippen molar-refractivity contribution in [1.29, 1.82) is 0 Å². The summed E-state index contributed by atoms with van der Waals surface area (Å²) in [6.45, 7) is 10.9. The second-order valence-electron chi connectivity index (χ2n) is 6.70. The third-order valence-corrected chi connectivity index (χ3v) is 4.46. The molecule has 0 aromatic carbocycles. The van der Waals surface area contributed by atoms with Crippen molar-refractivity contribution >= 4 is 5.97 Å². The number of allylic oxidation sites excluding steroid dienone is 3. The van der Waals surface area contributed by atoms with E-state index in [-0.39, 0.29) is 11.4 Å². The minimum atomic E-state index is -0.493. The van der Waals surface area contributed by atoms with Crippen LogP contribution in [0.3, 0.4) is 0 Å². The smallest absolute Gasteiger partial charge is 0.338 e. The molecule has 0 radical (unpaired) electrons. The average Bonchev–Trinajstić information content (AvgIpc) is 3.01. The highest BCUT2D eigenvalue weighted by atomic mass is 16.7. The molecule has 0 aromatic rings. The highest BCUT2D eigenvalue weighted by Gasteiger charge is 2.56. The fourth-order valence-corrected chi connectivity index (χ4v) is 3.11. The van der Waals surface area contributed by atoms with Crippen LogP contribution in [-0.2, 0) is 14.3 Å². The van der Waals surface area contributed by atoms with Gasteiger partial charge in [-0.2, -0.15) is 0 Å². The predicted octanol–water partition coefficient (Wildman–Crippen LogP) is 3.79. The van der Waals surface area contributed by atoms with E-state index in [1.165, 1.54) is 30.4 Å². The van der Waals surface area contributed by atoms with Gasteiger partial charge in [0.15, 0.2) is 6.10 Å². The first-order valence-corrected chi connectivity index (χ1v) is 7.54. The molecule has 2 unspecified atom stereocenters. The minimum Gasteiger partial charge on any atom is -0.464 e. The minimum absolute atomic E-state index is 0.212. The van der Waals surface area contributed by atoms with E-state index in [2.05, 4.69) is 26.8 Å². The summed E-state index contributed by atoms with van der Waals surface area (Å²) in [5.41, 5.74) is 2.56. The molecule has 1 aliphatic carbocycles. The lowest BCUT2D eigenvalue weighted by Gasteiger charge is -2.33. The van der Waals surface area contributed by atoms with Crippen LogP contribution in [0.1, 0.15) is 53.9 Å². The Morgan fingerprint density at radius 3 is 2.75 bits per heavy atom. The number of hydrogen-bond acceptors (Lipinski definition) is 3. The van der Waals surface area contributed by atoms with Gasteiger partial charge in [0.25, 0.3) is 0 Å². The maximum absolute atomic E-state index is 11.7. The van der Waals surface area contributed by atoms with Gasteiger partial charge in [-0.15, -0.1) is 0 Å². The summed E-state index contributed by atoms with van der Waals surface area (Å²) >= 11 is 0. The molecule has 1 fully saturated rings. The van der Waals surface area contributed by atoms with Crippen LogP contribution in [0.4, 0.5) is 0 Å². The second-order valence-corrected chi connectivity index (χ2v) is 6.70. The van der Waals surface area contributed by atoms with Crippen LogP contribution in [0, 0.1) is 5.41 Å².